The van der Waals surface area contributed by atoms with E-state index in [0.717, 1.165) is 16.5 Å². The van der Waals surface area contributed by atoms with Gasteiger partial charge >= 0.3 is 0 Å². The molecule has 27 heavy (non-hydrogen) atoms. The number of rotatable bonds is 2. The number of hydrogen-bond donors (Lipinski definition) is 0. The number of hydrogen-bond acceptors (Lipinski definition) is 3. The van der Waals surface area contributed by atoms with Crippen LogP contribution in [0, 0.1) is 5.92 Å². The molecule has 4 rings (SSSR count). The van der Waals surface area contributed by atoms with Gasteiger partial charge in [-0.3, -0.25) is 14.4 Å². The summed E-state index contributed by atoms with van der Waals surface area (Å²) in [5.74, 6) is -0.262. The number of fused-ring (bicyclic) bond motifs is 1. The Labute approximate surface area is 158 Å². The van der Waals surface area contributed by atoms with Crippen LogP contribution in [-0.4, -0.2) is 60.2 Å². The maximum atomic E-state index is 12.9. The van der Waals surface area contributed by atoms with Gasteiger partial charge in [-0.25, -0.2) is 0 Å². The molecule has 0 aromatic heterocycles. The largest absolute Gasteiger partial charge is 0.339 e. The Morgan fingerprint density at radius 2 is 1.59 bits per heavy atom. The highest BCUT2D eigenvalue weighted by molar-refractivity contribution is 6.07. The third kappa shape index (κ3) is 3.27. The van der Waals surface area contributed by atoms with Crippen LogP contribution in [0.15, 0.2) is 42.5 Å². The van der Waals surface area contributed by atoms with Crippen molar-refractivity contribution in [3.05, 3.63) is 42.5 Å². The van der Waals surface area contributed by atoms with Gasteiger partial charge in [0, 0.05) is 51.5 Å². The van der Waals surface area contributed by atoms with Crippen LogP contribution >= 0.6 is 0 Å². The van der Waals surface area contributed by atoms with Crippen LogP contribution in [0.3, 0.4) is 0 Å². The quantitative estimate of drug-likeness (QED) is 0.816. The molecule has 2 aromatic carbocycles. The highest BCUT2D eigenvalue weighted by Gasteiger charge is 2.38. The van der Waals surface area contributed by atoms with E-state index in [1.54, 1.807) is 21.6 Å². The molecule has 2 heterocycles. The highest BCUT2D eigenvalue weighted by Crippen LogP contribution is 2.32. The molecule has 0 aliphatic carbocycles. The van der Waals surface area contributed by atoms with Gasteiger partial charge in [-0.2, -0.15) is 0 Å². The van der Waals surface area contributed by atoms with Crippen LogP contribution in [0.1, 0.15) is 13.3 Å². The van der Waals surface area contributed by atoms with Crippen molar-refractivity contribution in [2.45, 2.75) is 13.3 Å². The predicted octanol–water partition coefficient (Wildman–Crippen LogP) is 1.88. The molecule has 2 fully saturated rings. The Hall–Kier alpha value is -2.89. The Kier molecular flexibility index (Phi) is 4.56. The topological polar surface area (TPSA) is 60.9 Å². The number of nitrogens with zero attached hydrogens (tertiary/aromatic N) is 3. The lowest BCUT2D eigenvalue weighted by molar-refractivity contribution is -0.141. The summed E-state index contributed by atoms with van der Waals surface area (Å²) in [6, 6.07) is 13.9. The molecule has 6 nitrogen and oxygen atoms in total. The maximum absolute atomic E-state index is 12.9. The molecule has 0 radical (unpaired) electrons. The van der Waals surface area contributed by atoms with E-state index in [1.165, 1.54) is 0 Å². The van der Waals surface area contributed by atoms with E-state index in [4.69, 9.17) is 0 Å². The van der Waals surface area contributed by atoms with E-state index in [2.05, 4.69) is 0 Å². The van der Waals surface area contributed by atoms with Gasteiger partial charge in [-0.15, -0.1) is 0 Å². The van der Waals surface area contributed by atoms with E-state index in [1.807, 2.05) is 42.5 Å². The Morgan fingerprint density at radius 3 is 2.33 bits per heavy atom. The zero-order valence-corrected chi connectivity index (χ0v) is 15.4. The van der Waals surface area contributed by atoms with Gasteiger partial charge in [0.1, 0.15) is 0 Å². The van der Waals surface area contributed by atoms with Crippen molar-refractivity contribution in [1.82, 2.24) is 9.80 Å². The number of amides is 3. The number of piperazine rings is 1. The second-order valence-electron chi connectivity index (χ2n) is 7.24. The first-order chi connectivity index (χ1) is 13.0. The second-order valence-corrected chi connectivity index (χ2v) is 7.24. The van der Waals surface area contributed by atoms with Crippen molar-refractivity contribution in [3.8, 4) is 0 Å². The van der Waals surface area contributed by atoms with E-state index in [0.29, 0.717) is 32.7 Å². The molecular formula is C21H23N3O3. The van der Waals surface area contributed by atoms with Gasteiger partial charge in [0.05, 0.1) is 11.6 Å². The van der Waals surface area contributed by atoms with Gasteiger partial charge in [0.25, 0.3) is 0 Å². The van der Waals surface area contributed by atoms with Crippen molar-refractivity contribution in [2.24, 2.45) is 5.92 Å². The summed E-state index contributed by atoms with van der Waals surface area (Å²) in [5.41, 5.74) is 0.870. The van der Waals surface area contributed by atoms with Crippen LogP contribution < -0.4 is 4.90 Å². The molecule has 0 spiro atoms. The minimum Gasteiger partial charge on any atom is -0.339 e. The summed E-state index contributed by atoms with van der Waals surface area (Å²) in [4.78, 5) is 42.3. The molecule has 2 aliphatic heterocycles. The summed E-state index contributed by atoms with van der Waals surface area (Å²) < 4.78 is 0. The zero-order valence-electron chi connectivity index (χ0n) is 15.4. The average molecular weight is 365 g/mol. The molecule has 0 N–H and O–H groups in total. The zero-order chi connectivity index (χ0) is 19.0. The van der Waals surface area contributed by atoms with Gasteiger partial charge in [-0.1, -0.05) is 36.4 Å². The summed E-state index contributed by atoms with van der Waals surface area (Å²) in [5, 5.41) is 2.11. The minimum absolute atomic E-state index is 0.00734. The number of carbonyl (C=O) groups excluding carboxylic acids is 3. The number of anilines is 1. The average Bonchev–Trinajstić information content (AvgIpc) is 3.08. The van der Waals surface area contributed by atoms with Crippen LogP contribution in [0.2, 0.25) is 0 Å². The van der Waals surface area contributed by atoms with E-state index in [9.17, 15) is 14.4 Å². The Morgan fingerprint density at radius 1 is 0.926 bits per heavy atom. The van der Waals surface area contributed by atoms with Crippen LogP contribution in [0.25, 0.3) is 10.8 Å². The van der Waals surface area contributed by atoms with Crippen molar-refractivity contribution in [1.29, 1.82) is 0 Å². The lowest BCUT2D eigenvalue weighted by Crippen LogP contribution is -2.51. The molecule has 2 aromatic rings. The van der Waals surface area contributed by atoms with E-state index >= 15 is 0 Å². The number of benzene rings is 2. The standard InChI is InChI=1S/C21H23N3O3/c1-15(25)22-9-11-23(12-10-22)21(27)17-13-20(26)24(14-17)19-8-4-6-16-5-2-3-7-18(16)19/h2-8,17H,9-14H2,1H3. The van der Waals surface area contributed by atoms with Gasteiger partial charge < -0.3 is 14.7 Å². The maximum Gasteiger partial charge on any atom is 0.228 e. The van der Waals surface area contributed by atoms with Crippen molar-refractivity contribution in [3.63, 3.8) is 0 Å². The lowest BCUT2D eigenvalue weighted by Gasteiger charge is -2.35. The van der Waals surface area contributed by atoms with Crippen molar-refractivity contribution in [2.75, 3.05) is 37.6 Å². The van der Waals surface area contributed by atoms with Gasteiger partial charge in [0.15, 0.2) is 0 Å². The molecule has 140 valence electrons. The molecule has 6 heteroatoms. The predicted molar refractivity (Wildman–Crippen MR) is 103 cm³/mol. The third-order valence-electron chi connectivity index (χ3n) is 5.57. The molecule has 3 amide bonds. The molecule has 2 aliphatic rings. The summed E-state index contributed by atoms with van der Waals surface area (Å²) in [6.07, 6.45) is 0.245. The van der Waals surface area contributed by atoms with Crippen LogP contribution in [-0.2, 0) is 14.4 Å². The first-order valence-corrected chi connectivity index (χ1v) is 9.37. The number of carbonyl (C=O) groups is 3. The normalized spacial score (nSPS) is 20.4. The third-order valence-corrected chi connectivity index (χ3v) is 5.57. The first-order valence-electron chi connectivity index (χ1n) is 9.37. The van der Waals surface area contributed by atoms with Gasteiger partial charge in [0.2, 0.25) is 17.7 Å². The fraction of sp³-hybridized carbons (Fsp3) is 0.381. The molecule has 1 atom stereocenters. The van der Waals surface area contributed by atoms with Gasteiger partial charge in [-0.05, 0) is 11.5 Å². The highest BCUT2D eigenvalue weighted by atomic mass is 16.2. The Balaban J connectivity index is 1.49. The van der Waals surface area contributed by atoms with Crippen LogP contribution in [0.4, 0.5) is 5.69 Å². The molecule has 0 bridgehead atoms. The molecule has 2 saturated heterocycles. The van der Waals surface area contributed by atoms with Crippen molar-refractivity contribution >= 4 is 34.2 Å². The van der Waals surface area contributed by atoms with Crippen molar-refractivity contribution < 1.29 is 14.4 Å². The SMILES string of the molecule is CC(=O)N1CCN(C(=O)C2CC(=O)N(c3cccc4ccccc34)C2)CC1. The summed E-state index contributed by atoms with van der Waals surface area (Å²) in [6.45, 7) is 4.17. The molecular weight excluding hydrogens is 342 g/mol. The van der Waals surface area contributed by atoms with E-state index < -0.39 is 0 Å². The van der Waals surface area contributed by atoms with E-state index in [-0.39, 0.29) is 30.1 Å². The Bertz CT molecular complexity index is 897. The first kappa shape index (κ1) is 17.5. The molecule has 1 unspecified atom stereocenters. The fourth-order valence-electron chi connectivity index (χ4n) is 4.05. The minimum atomic E-state index is -0.319. The smallest absolute Gasteiger partial charge is 0.228 e. The summed E-state index contributed by atoms with van der Waals surface area (Å²) >= 11 is 0. The lowest BCUT2D eigenvalue weighted by atomic mass is 10.1. The van der Waals surface area contributed by atoms with Crippen LogP contribution in [0.5, 0.6) is 0 Å². The fourth-order valence-corrected chi connectivity index (χ4v) is 4.05. The molecule has 0 saturated carbocycles. The second kappa shape index (κ2) is 7.02. The summed E-state index contributed by atoms with van der Waals surface area (Å²) in [7, 11) is 0. The monoisotopic (exact) mass is 365 g/mol.